The zero-order chi connectivity index (χ0) is 21.6. The molecule has 0 saturated carbocycles. The van der Waals surface area contributed by atoms with Gasteiger partial charge in [0, 0.05) is 17.3 Å². The number of anilines is 1. The molecule has 0 fully saturated rings. The molecule has 8 heteroatoms. The average Bonchev–Trinajstić information content (AvgIpc) is 3.00. The van der Waals surface area contributed by atoms with Crippen molar-refractivity contribution in [3.8, 4) is 5.75 Å². The molecule has 7 nitrogen and oxygen atoms in total. The third kappa shape index (κ3) is 5.18. The second-order valence-electron chi connectivity index (χ2n) is 7.10. The molecule has 1 aliphatic heterocycles. The smallest absolute Gasteiger partial charge is 0.263 e. The summed E-state index contributed by atoms with van der Waals surface area (Å²) in [5.41, 5.74) is 1.10. The van der Waals surface area contributed by atoms with E-state index in [0.29, 0.717) is 30.0 Å². The first-order chi connectivity index (χ1) is 14.4. The highest BCUT2D eigenvalue weighted by atomic mass is 32.2. The van der Waals surface area contributed by atoms with Gasteiger partial charge in [-0.25, -0.2) is 8.42 Å². The number of nitrogens with zero attached hydrogens (tertiary/aromatic N) is 1. The lowest BCUT2D eigenvalue weighted by molar-refractivity contribution is -0.117. The van der Waals surface area contributed by atoms with Crippen LogP contribution in [0.2, 0.25) is 0 Å². The van der Waals surface area contributed by atoms with Crippen LogP contribution in [-0.2, 0) is 14.8 Å². The maximum absolute atomic E-state index is 13.0. The van der Waals surface area contributed by atoms with E-state index in [0.717, 1.165) is 19.3 Å². The normalized spacial score (nSPS) is 16.5. The number of carbonyl (C=O) groups is 1. The molecular weight excluding hydrogens is 402 g/mol. The Balaban J connectivity index is 1.83. The maximum atomic E-state index is 13.0. The fourth-order valence-electron chi connectivity index (χ4n) is 3.15. The number of hydrogen-bond acceptors (Lipinski definition) is 5. The van der Waals surface area contributed by atoms with Gasteiger partial charge < -0.3 is 10.1 Å². The van der Waals surface area contributed by atoms with Gasteiger partial charge >= 0.3 is 0 Å². The summed E-state index contributed by atoms with van der Waals surface area (Å²) in [6.45, 7) is 4.66. The van der Waals surface area contributed by atoms with Gasteiger partial charge in [-0.2, -0.15) is 0 Å². The number of ether oxygens (including phenoxy) is 1. The zero-order valence-electron chi connectivity index (χ0n) is 17.2. The summed E-state index contributed by atoms with van der Waals surface area (Å²) < 4.78 is 32.8. The van der Waals surface area contributed by atoms with Crippen LogP contribution in [0.25, 0.3) is 0 Å². The predicted octanol–water partition coefficient (Wildman–Crippen LogP) is 3.71. The van der Waals surface area contributed by atoms with E-state index >= 15 is 0 Å². The van der Waals surface area contributed by atoms with Crippen LogP contribution in [0, 0.1) is 0 Å². The van der Waals surface area contributed by atoms with Crippen molar-refractivity contribution in [2.75, 3.05) is 11.9 Å². The van der Waals surface area contributed by atoms with Crippen LogP contribution in [0.5, 0.6) is 5.75 Å². The first-order valence-electron chi connectivity index (χ1n) is 10.2. The van der Waals surface area contributed by atoms with Crippen LogP contribution in [0.4, 0.5) is 5.69 Å². The highest BCUT2D eigenvalue weighted by molar-refractivity contribution is 7.90. The largest absolute Gasteiger partial charge is 0.494 e. The lowest BCUT2D eigenvalue weighted by Crippen LogP contribution is -2.30. The minimum absolute atomic E-state index is 0.180. The average molecular weight is 430 g/mol. The van der Waals surface area contributed by atoms with Gasteiger partial charge in [-0.15, -0.1) is 0 Å². The Morgan fingerprint density at radius 1 is 1.13 bits per heavy atom. The number of hydrogen-bond donors (Lipinski definition) is 2. The van der Waals surface area contributed by atoms with E-state index < -0.39 is 16.1 Å². The molecule has 30 heavy (non-hydrogen) atoms. The molecule has 3 rings (SSSR count). The number of sulfonamides is 1. The van der Waals surface area contributed by atoms with Gasteiger partial charge in [0.1, 0.15) is 17.6 Å². The van der Waals surface area contributed by atoms with E-state index in [4.69, 9.17) is 4.74 Å². The Morgan fingerprint density at radius 2 is 1.93 bits per heavy atom. The molecule has 1 aliphatic rings. The molecule has 0 spiro atoms. The standard InChI is InChI=1S/C22H27N3O4S/c1-3-5-12-19(22(26)23-16-9-8-10-17(15-16)29-14-4-2)24-21-18-11-6-7-13-20(18)30(27,28)25-21/h6-11,13,15,19H,3-5,12,14H2,1-2H3,(H,23,26)(H,24,25). The van der Waals surface area contributed by atoms with E-state index in [9.17, 15) is 13.2 Å². The number of amidine groups is 1. The molecule has 2 aromatic rings. The van der Waals surface area contributed by atoms with Crippen LogP contribution in [-0.4, -0.2) is 32.8 Å². The van der Waals surface area contributed by atoms with Gasteiger partial charge in [0.05, 0.1) is 11.5 Å². The first-order valence-corrected chi connectivity index (χ1v) is 11.7. The van der Waals surface area contributed by atoms with Gasteiger partial charge in [-0.3, -0.25) is 14.5 Å². The molecule has 2 aromatic carbocycles. The number of fused-ring (bicyclic) bond motifs is 1. The second-order valence-corrected chi connectivity index (χ2v) is 8.75. The number of rotatable bonds is 9. The monoisotopic (exact) mass is 429 g/mol. The third-order valence-corrected chi connectivity index (χ3v) is 6.05. The molecule has 0 aromatic heterocycles. The molecule has 1 atom stereocenters. The summed E-state index contributed by atoms with van der Waals surface area (Å²) >= 11 is 0. The van der Waals surface area contributed by atoms with Crippen molar-refractivity contribution in [3.63, 3.8) is 0 Å². The topological polar surface area (TPSA) is 96.9 Å². The van der Waals surface area contributed by atoms with Crippen molar-refractivity contribution in [1.82, 2.24) is 4.72 Å². The Bertz CT molecular complexity index is 1030. The Labute approximate surface area is 177 Å². The third-order valence-electron chi connectivity index (χ3n) is 4.66. The quantitative estimate of drug-likeness (QED) is 0.635. The molecule has 1 heterocycles. The van der Waals surface area contributed by atoms with Crippen molar-refractivity contribution in [3.05, 3.63) is 54.1 Å². The van der Waals surface area contributed by atoms with Gasteiger partial charge in [0.2, 0.25) is 5.91 Å². The summed E-state index contributed by atoms with van der Waals surface area (Å²) in [5.74, 6) is 0.609. The van der Waals surface area contributed by atoms with Crippen molar-refractivity contribution >= 4 is 27.5 Å². The maximum Gasteiger partial charge on any atom is 0.263 e. The lowest BCUT2D eigenvalue weighted by Gasteiger charge is -2.15. The van der Waals surface area contributed by atoms with E-state index in [1.807, 2.05) is 26.0 Å². The Morgan fingerprint density at radius 3 is 2.70 bits per heavy atom. The number of unbranched alkanes of at least 4 members (excludes halogenated alkanes) is 1. The van der Waals surface area contributed by atoms with Crippen molar-refractivity contribution < 1.29 is 17.9 Å². The molecular formula is C22H27N3O4S. The minimum atomic E-state index is -3.65. The molecule has 2 N–H and O–H groups in total. The van der Waals surface area contributed by atoms with Gasteiger partial charge in [-0.05, 0) is 37.1 Å². The molecule has 0 saturated heterocycles. The van der Waals surface area contributed by atoms with Gasteiger partial charge in [0.15, 0.2) is 0 Å². The number of nitrogens with one attached hydrogen (secondary N) is 2. The number of benzene rings is 2. The summed E-state index contributed by atoms with van der Waals surface area (Å²) in [5, 5.41) is 2.88. The zero-order valence-corrected chi connectivity index (χ0v) is 18.0. The van der Waals surface area contributed by atoms with Crippen LogP contribution >= 0.6 is 0 Å². The fourth-order valence-corrected chi connectivity index (χ4v) is 4.39. The van der Waals surface area contributed by atoms with Crippen molar-refractivity contribution in [2.45, 2.75) is 50.5 Å². The minimum Gasteiger partial charge on any atom is -0.494 e. The predicted molar refractivity (Wildman–Crippen MR) is 117 cm³/mol. The SMILES string of the molecule is CCCCC(N=C1NS(=O)(=O)c2ccccc21)C(=O)Nc1cccc(OCCC)c1. The highest BCUT2D eigenvalue weighted by Crippen LogP contribution is 2.24. The highest BCUT2D eigenvalue weighted by Gasteiger charge is 2.31. The lowest BCUT2D eigenvalue weighted by atomic mass is 10.1. The number of carbonyl (C=O) groups excluding carboxylic acids is 1. The van der Waals surface area contributed by atoms with Crippen molar-refractivity contribution in [1.29, 1.82) is 0 Å². The van der Waals surface area contributed by atoms with E-state index in [-0.39, 0.29) is 16.6 Å². The van der Waals surface area contributed by atoms with Crippen LogP contribution in [0.15, 0.2) is 58.4 Å². The fraction of sp³-hybridized carbons (Fsp3) is 0.364. The van der Waals surface area contributed by atoms with Gasteiger partial charge in [0.25, 0.3) is 10.0 Å². The number of amides is 1. The molecule has 0 aliphatic carbocycles. The van der Waals surface area contributed by atoms with Crippen LogP contribution < -0.4 is 14.8 Å². The summed E-state index contributed by atoms with van der Waals surface area (Å²) in [7, 11) is -3.65. The van der Waals surface area contributed by atoms with E-state index in [2.05, 4.69) is 15.0 Å². The Kier molecular flexibility index (Phi) is 7.10. The summed E-state index contributed by atoms with van der Waals surface area (Å²) in [6.07, 6.45) is 3.10. The summed E-state index contributed by atoms with van der Waals surface area (Å²) in [6, 6.07) is 13.1. The molecule has 160 valence electrons. The number of aliphatic imine (C=N–C) groups is 1. The summed E-state index contributed by atoms with van der Waals surface area (Å²) in [4.78, 5) is 17.6. The van der Waals surface area contributed by atoms with E-state index in [1.54, 1.807) is 30.3 Å². The van der Waals surface area contributed by atoms with Crippen LogP contribution in [0.1, 0.15) is 45.1 Å². The molecule has 0 radical (unpaired) electrons. The van der Waals surface area contributed by atoms with Gasteiger partial charge in [-0.1, -0.05) is 44.9 Å². The first kappa shape index (κ1) is 21.8. The molecule has 1 unspecified atom stereocenters. The van der Waals surface area contributed by atoms with Crippen LogP contribution in [0.3, 0.4) is 0 Å². The Hall–Kier alpha value is -2.87. The van der Waals surface area contributed by atoms with E-state index in [1.165, 1.54) is 6.07 Å². The second kappa shape index (κ2) is 9.75. The molecule has 0 bridgehead atoms. The molecule has 1 amide bonds. The van der Waals surface area contributed by atoms with Crippen molar-refractivity contribution in [2.24, 2.45) is 4.99 Å².